The average Bonchev–Trinajstić information content (AvgIpc) is 3.10. The number of aromatic nitrogens is 2. The van der Waals surface area contributed by atoms with Crippen molar-refractivity contribution in [3.8, 4) is 5.75 Å². The van der Waals surface area contributed by atoms with Gasteiger partial charge in [0, 0.05) is 12.2 Å². The Kier molecular flexibility index (Phi) is 5.25. The fourth-order valence-electron chi connectivity index (χ4n) is 2.85. The van der Waals surface area contributed by atoms with Gasteiger partial charge in [-0.25, -0.2) is 9.97 Å². The summed E-state index contributed by atoms with van der Waals surface area (Å²) in [5.41, 5.74) is 0.963. The molecule has 1 fully saturated rings. The van der Waals surface area contributed by atoms with Gasteiger partial charge in [-0.1, -0.05) is 25.0 Å². The van der Waals surface area contributed by atoms with Gasteiger partial charge in [-0.15, -0.1) is 0 Å². The Morgan fingerprint density at radius 2 is 2.04 bits per heavy atom. The van der Waals surface area contributed by atoms with E-state index in [1.165, 1.54) is 12.8 Å². The Morgan fingerprint density at radius 1 is 1.25 bits per heavy atom. The van der Waals surface area contributed by atoms with E-state index in [4.69, 9.17) is 4.74 Å². The van der Waals surface area contributed by atoms with E-state index >= 15 is 0 Å². The number of carbonyl (C=O) groups is 1. The van der Waals surface area contributed by atoms with Gasteiger partial charge in [0.2, 0.25) is 5.95 Å². The minimum atomic E-state index is -0.279. The van der Waals surface area contributed by atoms with Gasteiger partial charge < -0.3 is 15.4 Å². The number of ether oxygens (including phenoxy) is 1. The maximum Gasteiger partial charge on any atom is 0.274 e. The highest BCUT2D eigenvalue weighted by molar-refractivity contribution is 6.03. The molecule has 1 amide bonds. The molecule has 1 aromatic carbocycles. The monoisotopic (exact) mass is 326 g/mol. The van der Waals surface area contributed by atoms with Crippen molar-refractivity contribution < 1.29 is 9.53 Å². The van der Waals surface area contributed by atoms with Crippen LogP contribution in [0.3, 0.4) is 0 Å². The highest BCUT2D eigenvalue weighted by Gasteiger charge is 2.17. The number of benzene rings is 1. The van der Waals surface area contributed by atoms with Crippen LogP contribution in [0.25, 0.3) is 0 Å². The summed E-state index contributed by atoms with van der Waals surface area (Å²) < 4.78 is 5.53. The lowest BCUT2D eigenvalue weighted by molar-refractivity contribution is 0.102. The predicted molar refractivity (Wildman–Crippen MR) is 93.5 cm³/mol. The average molecular weight is 326 g/mol. The molecule has 1 aliphatic rings. The van der Waals surface area contributed by atoms with Crippen LogP contribution >= 0.6 is 0 Å². The number of nitrogens with zero attached hydrogens (tertiary/aromatic N) is 2. The van der Waals surface area contributed by atoms with Gasteiger partial charge >= 0.3 is 0 Å². The van der Waals surface area contributed by atoms with Crippen LogP contribution in [0.15, 0.2) is 36.5 Å². The largest absolute Gasteiger partial charge is 0.492 e. The van der Waals surface area contributed by atoms with E-state index < -0.39 is 0 Å². The molecule has 1 heterocycles. The summed E-state index contributed by atoms with van der Waals surface area (Å²) in [6.45, 7) is 2.44. The third kappa shape index (κ3) is 4.01. The zero-order valence-electron chi connectivity index (χ0n) is 13.8. The minimum Gasteiger partial charge on any atom is -0.492 e. The Labute approximate surface area is 141 Å². The van der Waals surface area contributed by atoms with Crippen molar-refractivity contribution in [1.82, 2.24) is 9.97 Å². The van der Waals surface area contributed by atoms with Crippen LogP contribution in [-0.4, -0.2) is 28.5 Å². The third-order valence-electron chi connectivity index (χ3n) is 4.01. The van der Waals surface area contributed by atoms with E-state index in [0.717, 1.165) is 12.8 Å². The second-order valence-electron chi connectivity index (χ2n) is 5.77. The summed E-state index contributed by atoms with van der Waals surface area (Å²) in [6, 6.07) is 9.37. The van der Waals surface area contributed by atoms with Crippen LogP contribution in [0.2, 0.25) is 0 Å². The summed E-state index contributed by atoms with van der Waals surface area (Å²) in [5, 5.41) is 6.16. The van der Waals surface area contributed by atoms with Gasteiger partial charge in [0.15, 0.2) is 0 Å². The summed E-state index contributed by atoms with van der Waals surface area (Å²) in [7, 11) is 0. The number of carbonyl (C=O) groups excluding carboxylic acids is 1. The van der Waals surface area contributed by atoms with Crippen molar-refractivity contribution in [2.24, 2.45) is 0 Å². The molecule has 0 radical (unpaired) electrons. The first-order chi connectivity index (χ1) is 11.8. The molecule has 1 saturated carbocycles. The zero-order chi connectivity index (χ0) is 16.8. The molecule has 2 aromatic rings. The van der Waals surface area contributed by atoms with E-state index in [9.17, 15) is 4.79 Å². The van der Waals surface area contributed by atoms with Gasteiger partial charge in [-0.05, 0) is 38.0 Å². The second kappa shape index (κ2) is 7.77. The van der Waals surface area contributed by atoms with Gasteiger partial charge in [0.1, 0.15) is 11.4 Å². The topological polar surface area (TPSA) is 76.1 Å². The lowest BCUT2D eigenvalue weighted by atomic mass is 10.2. The van der Waals surface area contributed by atoms with E-state index in [1.54, 1.807) is 12.3 Å². The lowest BCUT2D eigenvalue weighted by Gasteiger charge is -2.13. The fourth-order valence-corrected chi connectivity index (χ4v) is 2.85. The van der Waals surface area contributed by atoms with Crippen molar-refractivity contribution in [2.45, 2.75) is 38.6 Å². The molecule has 1 aromatic heterocycles. The normalized spacial score (nSPS) is 14.4. The zero-order valence-corrected chi connectivity index (χ0v) is 13.8. The minimum absolute atomic E-state index is 0.279. The van der Waals surface area contributed by atoms with Gasteiger partial charge in [-0.2, -0.15) is 0 Å². The molecule has 6 heteroatoms. The number of amides is 1. The molecule has 126 valence electrons. The molecular formula is C18H22N4O2. The van der Waals surface area contributed by atoms with E-state index in [0.29, 0.717) is 35.7 Å². The number of hydrogen-bond donors (Lipinski definition) is 2. The van der Waals surface area contributed by atoms with Crippen molar-refractivity contribution in [1.29, 1.82) is 0 Å². The number of rotatable bonds is 6. The Bertz CT molecular complexity index is 699. The molecule has 2 N–H and O–H groups in total. The highest BCUT2D eigenvalue weighted by atomic mass is 16.5. The maximum atomic E-state index is 12.5. The number of anilines is 2. The molecule has 6 nitrogen and oxygen atoms in total. The molecule has 0 aliphatic heterocycles. The Balaban J connectivity index is 1.71. The molecule has 0 bridgehead atoms. The third-order valence-corrected chi connectivity index (χ3v) is 4.01. The van der Waals surface area contributed by atoms with Crippen LogP contribution < -0.4 is 15.4 Å². The summed E-state index contributed by atoms with van der Waals surface area (Å²) >= 11 is 0. The van der Waals surface area contributed by atoms with Crippen LogP contribution in [0.5, 0.6) is 5.75 Å². The van der Waals surface area contributed by atoms with Crippen molar-refractivity contribution >= 4 is 17.5 Å². The predicted octanol–water partition coefficient (Wildman–Crippen LogP) is 3.48. The molecule has 0 atom stereocenters. The summed E-state index contributed by atoms with van der Waals surface area (Å²) in [4.78, 5) is 21.0. The van der Waals surface area contributed by atoms with Crippen LogP contribution in [-0.2, 0) is 0 Å². The van der Waals surface area contributed by atoms with Crippen molar-refractivity contribution in [2.75, 3.05) is 17.2 Å². The van der Waals surface area contributed by atoms with Gasteiger partial charge in [0.05, 0.1) is 12.3 Å². The van der Waals surface area contributed by atoms with Gasteiger partial charge in [-0.3, -0.25) is 4.79 Å². The van der Waals surface area contributed by atoms with Crippen LogP contribution in [0.4, 0.5) is 11.6 Å². The Hall–Kier alpha value is -2.63. The standard InChI is InChI=1S/C18H22N4O2/c1-2-24-16-10-6-5-9-14(16)21-17(23)15-11-12-19-18(22-15)20-13-7-3-4-8-13/h5-6,9-13H,2-4,7-8H2,1H3,(H,21,23)(H,19,20,22). The molecule has 3 rings (SSSR count). The molecule has 24 heavy (non-hydrogen) atoms. The quantitative estimate of drug-likeness (QED) is 0.850. The summed E-state index contributed by atoms with van der Waals surface area (Å²) in [6.07, 6.45) is 6.31. The van der Waals surface area contributed by atoms with Crippen molar-refractivity contribution in [3.05, 3.63) is 42.2 Å². The van der Waals surface area contributed by atoms with E-state index in [1.807, 2.05) is 31.2 Å². The number of hydrogen-bond acceptors (Lipinski definition) is 5. The molecular weight excluding hydrogens is 304 g/mol. The molecule has 0 saturated heterocycles. The molecule has 0 unspecified atom stereocenters. The summed E-state index contributed by atoms with van der Waals surface area (Å²) in [5.74, 6) is 0.873. The SMILES string of the molecule is CCOc1ccccc1NC(=O)c1ccnc(NC2CCCC2)n1. The number of nitrogens with one attached hydrogen (secondary N) is 2. The van der Waals surface area contributed by atoms with E-state index in [-0.39, 0.29) is 5.91 Å². The second-order valence-corrected chi connectivity index (χ2v) is 5.77. The number of para-hydroxylation sites is 2. The highest BCUT2D eigenvalue weighted by Crippen LogP contribution is 2.24. The van der Waals surface area contributed by atoms with Gasteiger partial charge in [0.25, 0.3) is 5.91 Å². The van der Waals surface area contributed by atoms with Crippen LogP contribution in [0.1, 0.15) is 43.1 Å². The smallest absolute Gasteiger partial charge is 0.274 e. The maximum absolute atomic E-state index is 12.5. The first kappa shape index (κ1) is 16.2. The Morgan fingerprint density at radius 3 is 2.83 bits per heavy atom. The van der Waals surface area contributed by atoms with Crippen molar-refractivity contribution in [3.63, 3.8) is 0 Å². The first-order valence-corrected chi connectivity index (χ1v) is 8.39. The lowest BCUT2D eigenvalue weighted by Crippen LogP contribution is -2.19. The first-order valence-electron chi connectivity index (χ1n) is 8.39. The van der Waals surface area contributed by atoms with Crippen LogP contribution in [0, 0.1) is 0 Å². The molecule has 1 aliphatic carbocycles. The molecule has 0 spiro atoms. The van der Waals surface area contributed by atoms with E-state index in [2.05, 4.69) is 20.6 Å². The fraction of sp³-hybridized carbons (Fsp3) is 0.389.